The van der Waals surface area contributed by atoms with Crippen LogP contribution < -0.4 is 11.2 Å². The van der Waals surface area contributed by atoms with Gasteiger partial charge in [0.05, 0.1) is 11.4 Å². The Hall–Kier alpha value is -2.29. The van der Waals surface area contributed by atoms with E-state index in [0.717, 1.165) is 0 Å². The van der Waals surface area contributed by atoms with Crippen LogP contribution in [0.1, 0.15) is 5.56 Å². The number of hydrazone groups is 1. The van der Waals surface area contributed by atoms with Crippen LogP contribution in [-0.2, 0) is 20.2 Å². The van der Waals surface area contributed by atoms with Gasteiger partial charge in [-0.2, -0.15) is 21.2 Å². The number of hydrogen-bond donors (Lipinski definition) is 4. The number of allylic oxidation sites excluding steroid dienone is 1. The summed E-state index contributed by atoms with van der Waals surface area (Å²) in [5, 5.41) is 2.03. The van der Waals surface area contributed by atoms with Gasteiger partial charge in [0.1, 0.15) is 9.79 Å². The molecule has 10 nitrogen and oxygen atoms in total. The normalized spacial score (nSPS) is 15.7. The second-order valence-corrected chi connectivity index (χ2v) is 6.93. The van der Waals surface area contributed by atoms with E-state index in [2.05, 4.69) is 5.10 Å². The number of halogens is 2. The third kappa shape index (κ3) is 3.39. The lowest BCUT2D eigenvalue weighted by Gasteiger charge is -2.21. The summed E-state index contributed by atoms with van der Waals surface area (Å²) in [4.78, 5) is -1.86. The number of rotatable bonds is 3. The molecule has 5 N–H and O–H groups in total. The molecule has 126 valence electrons. The van der Waals surface area contributed by atoms with Crippen LogP contribution in [0.2, 0.25) is 0 Å². The maximum atomic E-state index is 13.2. The van der Waals surface area contributed by atoms with Crippen molar-refractivity contribution in [1.29, 1.82) is 0 Å². The molecule has 0 saturated carbocycles. The van der Waals surface area contributed by atoms with E-state index >= 15 is 0 Å². The molecular weight excluding hydrogens is 362 g/mol. The fourth-order valence-electron chi connectivity index (χ4n) is 1.81. The predicted octanol–water partition coefficient (Wildman–Crippen LogP) is 0.0908. The minimum atomic E-state index is -4.94. The molecule has 0 amide bonds. The van der Waals surface area contributed by atoms with Crippen molar-refractivity contribution in [3.05, 3.63) is 23.8 Å². The summed E-state index contributed by atoms with van der Waals surface area (Å²) in [5.41, 5.74) is 4.97. The van der Waals surface area contributed by atoms with E-state index in [1.807, 2.05) is 0 Å². The topological polar surface area (TPSA) is 162 Å². The first-order valence-corrected chi connectivity index (χ1v) is 8.35. The van der Waals surface area contributed by atoms with E-state index in [0.29, 0.717) is 18.2 Å². The smallest absolute Gasteiger partial charge is 0.296 e. The average Bonchev–Trinajstić information content (AvgIpc) is 2.34. The second-order valence-electron chi connectivity index (χ2n) is 4.15. The summed E-state index contributed by atoms with van der Waals surface area (Å²) >= 11 is 0. The molecule has 0 atom stereocenters. The van der Waals surface area contributed by atoms with E-state index in [4.69, 9.17) is 14.8 Å². The highest BCUT2D eigenvalue weighted by molar-refractivity contribution is 7.86. The number of hydrogen-bond acceptors (Lipinski definition) is 8. The van der Waals surface area contributed by atoms with Gasteiger partial charge in [-0.15, -0.1) is 0 Å². The maximum absolute atomic E-state index is 13.2. The molecule has 23 heavy (non-hydrogen) atoms. The van der Waals surface area contributed by atoms with E-state index in [1.165, 1.54) is 0 Å². The monoisotopic (exact) mass is 370 g/mol. The fraction of sp³-hybridized carbons (Fsp3) is 0. The van der Waals surface area contributed by atoms with Gasteiger partial charge in [-0.05, 0) is 17.5 Å². The Kier molecular flexibility index (Phi) is 4.02. The summed E-state index contributed by atoms with van der Waals surface area (Å²) < 4.78 is 89.7. The van der Waals surface area contributed by atoms with Crippen molar-refractivity contribution in [1.82, 2.24) is 10.8 Å². The molecule has 2 rings (SSSR count). The van der Waals surface area contributed by atoms with Crippen LogP contribution in [0.4, 0.5) is 14.6 Å². The first kappa shape index (κ1) is 17.1. The number of nitrogens with zero attached hydrogens (tertiary/aromatic N) is 2. The van der Waals surface area contributed by atoms with Gasteiger partial charge < -0.3 is 5.73 Å². The third-order valence-electron chi connectivity index (χ3n) is 2.65. The molecule has 0 saturated heterocycles. The lowest BCUT2D eigenvalue weighted by atomic mass is 10.1. The van der Waals surface area contributed by atoms with Gasteiger partial charge in [0.15, 0.2) is 0 Å². The van der Waals surface area contributed by atoms with E-state index in [1.54, 1.807) is 5.43 Å². The molecular formula is C9H8F2N4O6S2. The molecule has 0 unspecified atom stereocenters. The molecule has 1 aromatic carbocycles. The van der Waals surface area contributed by atoms with Crippen molar-refractivity contribution in [2.45, 2.75) is 9.79 Å². The molecule has 0 radical (unpaired) electrons. The minimum Gasteiger partial charge on any atom is -0.397 e. The van der Waals surface area contributed by atoms with Gasteiger partial charge in [-0.1, -0.05) is 9.58 Å². The summed E-state index contributed by atoms with van der Waals surface area (Å²) in [6, 6.07) is 1.21. The highest BCUT2D eigenvalue weighted by Gasteiger charge is 2.28. The van der Waals surface area contributed by atoms with Crippen LogP contribution in [-0.4, -0.2) is 37.2 Å². The van der Waals surface area contributed by atoms with E-state index in [9.17, 15) is 25.7 Å². The minimum absolute atomic E-state index is 0.504. The SMILES string of the molecule is Nc1c(S(=O)(=O)O)ccc(S(=O)(=O)O)c1C1=CC(F)=NN(F)N1. The Morgan fingerprint density at radius 2 is 1.65 bits per heavy atom. The molecule has 14 heteroatoms. The summed E-state index contributed by atoms with van der Waals surface area (Å²) in [7, 11) is -9.81. The molecule has 1 aliphatic heterocycles. The van der Waals surface area contributed by atoms with Gasteiger partial charge in [-0.25, -0.2) is 0 Å². The third-order valence-corrected chi connectivity index (χ3v) is 4.46. The van der Waals surface area contributed by atoms with Crippen molar-refractivity contribution in [2.24, 2.45) is 5.10 Å². The molecule has 0 aromatic heterocycles. The molecule has 1 aliphatic rings. The van der Waals surface area contributed by atoms with Crippen molar-refractivity contribution in [3.8, 4) is 0 Å². The van der Waals surface area contributed by atoms with Crippen LogP contribution in [0, 0.1) is 0 Å². The molecule has 1 heterocycles. The zero-order chi connectivity index (χ0) is 17.6. The van der Waals surface area contributed by atoms with Crippen LogP contribution in [0.25, 0.3) is 5.70 Å². The predicted molar refractivity (Wildman–Crippen MR) is 73.1 cm³/mol. The largest absolute Gasteiger partial charge is 0.397 e. The van der Waals surface area contributed by atoms with Crippen molar-refractivity contribution in [3.63, 3.8) is 0 Å². The number of nitrogen functional groups attached to an aromatic ring is 1. The molecule has 1 aromatic rings. The van der Waals surface area contributed by atoms with Gasteiger partial charge in [0.25, 0.3) is 20.2 Å². The lowest BCUT2D eigenvalue weighted by molar-refractivity contribution is -0.0105. The number of benzene rings is 1. The van der Waals surface area contributed by atoms with Crippen LogP contribution >= 0.6 is 0 Å². The number of nitrogens with one attached hydrogen (secondary N) is 1. The van der Waals surface area contributed by atoms with Gasteiger partial charge in [0, 0.05) is 11.6 Å². The molecule has 0 fully saturated rings. The Bertz CT molecular complexity index is 941. The van der Waals surface area contributed by atoms with Crippen LogP contribution in [0.15, 0.2) is 33.1 Å². The van der Waals surface area contributed by atoms with Crippen molar-refractivity contribution >= 4 is 37.6 Å². The molecule has 0 spiro atoms. The Morgan fingerprint density at radius 3 is 2.13 bits per heavy atom. The zero-order valence-corrected chi connectivity index (χ0v) is 12.4. The van der Waals surface area contributed by atoms with Crippen molar-refractivity contribution in [2.75, 3.05) is 5.73 Å². The highest BCUT2D eigenvalue weighted by atomic mass is 32.2. The fourth-order valence-corrected chi connectivity index (χ4v) is 3.15. The summed E-state index contributed by atoms with van der Waals surface area (Å²) in [6.45, 7) is 0. The Labute approximate surface area is 128 Å². The van der Waals surface area contributed by atoms with E-state index in [-0.39, 0.29) is 0 Å². The maximum Gasteiger partial charge on any atom is 0.296 e. The first-order valence-electron chi connectivity index (χ1n) is 5.47. The first-order chi connectivity index (χ1) is 10.4. The standard InChI is InChI=1S/C9H8F2N4O6S2/c10-7-3-4(13-15(11)14-7)8-5(22(16,17)18)1-2-6(9(8)12)23(19,20)21/h1-3,13H,12H2,(H,16,17,18)(H,19,20,21). The van der Waals surface area contributed by atoms with Gasteiger partial charge in [0.2, 0.25) is 5.97 Å². The zero-order valence-electron chi connectivity index (χ0n) is 10.8. The van der Waals surface area contributed by atoms with Crippen LogP contribution in [0.3, 0.4) is 0 Å². The van der Waals surface area contributed by atoms with Crippen molar-refractivity contribution < 1.29 is 34.8 Å². The lowest BCUT2D eigenvalue weighted by Crippen LogP contribution is -2.30. The number of anilines is 1. The molecule has 0 aliphatic carbocycles. The Balaban J connectivity index is 2.87. The summed E-state index contributed by atoms with van der Waals surface area (Å²) in [5.74, 6) is -1.40. The number of nitrogens with two attached hydrogens (primary N) is 1. The average molecular weight is 370 g/mol. The van der Waals surface area contributed by atoms with Gasteiger partial charge in [-0.3, -0.25) is 14.5 Å². The Morgan fingerprint density at radius 1 is 1.13 bits per heavy atom. The van der Waals surface area contributed by atoms with Gasteiger partial charge >= 0.3 is 0 Å². The highest BCUT2D eigenvalue weighted by Crippen LogP contribution is 2.33. The number of hydrazine groups is 1. The van der Waals surface area contributed by atoms with Crippen LogP contribution in [0.5, 0.6) is 0 Å². The van der Waals surface area contributed by atoms with E-state index < -0.39 is 58.3 Å². The second kappa shape index (κ2) is 5.41. The molecule has 0 bridgehead atoms. The quantitative estimate of drug-likeness (QED) is 0.328. The summed E-state index contributed by atoms with van der Waals surface area (Å²) in [6.07, 6.45) is 0.504.